The second-order valence-corrected chi connectivity index (χ2v) is 4.21. The van der Waals surface area contributed by atoms with E-state index in [1.165, 1.54) is 11.1 Å². The molecule has 1 fully saturated rings. The largest absolute Gasteiger partial charge is 0.354 e. The summed E-state index contributed by atoms with van der Waals surface area (Å²) in [6, 6.07) is 9.19. The van der Waals surface area contributed by atoms with Gasteiger partial charge in [0.05, 0.1) is 12.6 Å². The van der Waals surface area contributed by atoms with Crippen molar-refractivity contribution >= 4 is 18.4 Å². The van der Waals surface area contributed by atoms with Gasteiger partial charge < -0.3 is 10.2 Å². The molecule has 1 saturated heterocycles. The van der Waals surface area contributed by atoms with Gasteiger partial charge in [-0.05, 0) is 12.5 Å². The van der Waals surface area contributed by atoms with Crippen molar-refractivity contribution in [3.63, 3.8) is 0 Å². The zero-order chi connectivity index (χ0) is 10.3. The molecular formula is C12H16ClN3. The topological polar surface area (TPSA) is 27.6 Å². The van der Waals surface area contributed by atoms with Gasteiger partial charge in [0.25, 0.3) is 0 Å². The molecule has 3 nitrogen and oxygen atoms in total. The Balaban J connectivity index is 0.000000963. The number of hydrogen-bond acceptors (Lipinski definition) is 3. The van der Waals surface area contributed by atoms with Crippen molar-refractivity contribution in [1.82, 2.24) is 10.2 Å². The zero-order valence-corrected chi connectivity index (χ0v) is 10.1. The van der Waals surface area contributed by atoms with Gasteiger partial charge in [0, 0.05) is 13.1 Å². The first-order valence-electron chi connectivity index (χ1n) is 5.46. The number of aliphatic imine (C=N–C) groups is 1. The Kier molecular flexibility index (Phi) is 3.06. The Morgan fingerprint density at radius 2 is 2.31 bits per heavy atom. The zero-order valence-electron chi connectivity index (χ0n) is 9.31. The van der Waals surface area contributed by atoms with Crippen molar-refractivity contribution in [2.24, 2.45) is 4.99 Å². The van der Waals surface area contributed by atoms with Crippen LogP contribution < -0.4 is 5.32 Å². The first-order chi connectivity index (χ1) is 7.34. The van der Waals surface area contributed by atoms with E-state index in [9.17, 15) is 0 Å². The molecule has 86 valence electrons. The molecule has 0 radical (unpaired) electrons. The fourth-order valence-corrected chi connectivity index (χ4v) is 2.38. The Morgan fingerprint density at radius 1 is 1.44 bits per heavy atom. The predicted octanol–water partition coefficient (Wildman–Crippen LogP) is 1.73. The molecule has 2 heterocycles. The van der Waals surface area contributed by atoms with Gasteiger partial charge in [-0.1, -0.05) is 29.8 Å². The average Bonchev–Trinajstić information content (AvgIpc) is 2.77. The van der Waals surface area contributed by atoms with Crippen LogP contribution in [0.4, 0.5) is 0 Å². The van der Waals surface area contributed by atoms with E-state index < -0.39 is 0 Å². The van der Waals surface area contributed by atoms with Crippen molar-refractivity contribution in [2.75, 3.05) is 19.6 Å². The van der Waals surface area contributed by atoms with E-state index in [0.717, 1.165) is 25.6 Å². The molecule has 1 unspecified atom stereocenters. The number of nitrogens with zero attached hydrogens (tertiary/aromatic N) is 2. The number of fused-ring (bicyclic) bond motifs is 1. The summed E-state index contributed by atoms with van der Waals surface area (Å²) in [6.07, 6.45) is 0. The maximum Gasteiger partial charge on any atom is 0.194 e. The number of guanidine groups is 1. The SMILES string of the molecule is Cc1cccc(C2CN=C3NCCN32)c1.Cl. The molecule has 1 atom stereocenters. The molecule has 0 aromatic heterocycles. The fourth-order valence-electron chi connectivity index (χ4n) is 2.38. The van der Waals surface area contributed by atoms with E-state index in [0.29, 0.717) is 6.04 Å². The number of benzene rings is 1. The highest BCUT2D eigenvalue weighted by Gasteiger charge is 2.31. The normalized spacial score (nSPS) is 22.2. The van der Waals surface area contributed by atoms with Gasteiger partial charge in [0.2, 0.25) is 0 Å². The van der Waals surface area contributed by atoms with Crippen molar-refractivity contribution in [3.8, 4) is 0 Å². The van der Waals surface area contributed by atoms with E-state index in [4.69, 9.17) is 0 Å². The average molecular weight is 238 g/mol. The minimum Gasteiger partial charge on any atom is -0.354 e. The lowest BCUT2D eigenvalue weighted by molar-refractivity contribution is 0.381. The van der Waals surface area contributed by atoms with Crippen LogP contribution in [0.15, 0.2) is 29.3 Å². The maximum absolute atomic E-state index is 4.52. The lowest BCUT2D eigenvalue weighted by atomic mass is 10.0. The first-order valence-corrected chi connectivity index (χ1v) is 5.46. The van der Waals surface area contributed by atoms with E-state index in [-0.39, 0.29) is 12.4 Å². The summed E-state index contributed by atoms with van der Waals surface area (Å²) in [5.41, 5.74) is 2.71. The quantitative estimate of drug-likeness (QED) is 0.806. The van der Waals surface area contributed by atoms with Gasteiger partial charge in [-0.2, -0.15) is 0 Å². The van der Waals surface area contributed by atoms with Crippen molar-refractivity contribution < 1.29 is 0 Å². The monoisotopic (exact) mass is 237 g/mol. The molecular weight excluding hydrogens is 222 g/mol. The molecule has 0 spiro atoms. The smallest absolute Gasteiger partial charge is 0.194 e. The summed E-state index contributed by atoms with van der Waals surface area (Å²) < 4.78 is 0. The van der Waals surface area contributed by atoms with Gasteiger partial charge in [-0.25, -0.2) is 0 Å². The standard InChI is InChI=1S/C12H15N3.ClH/c1-9-3-2-4-10(7-9)11-8-14-12-13-5-6-15(11)12;/h2-4,7,11H,5-6,8H2,1H3,(H,13,14);1H. The highest BCUT2D eigenvalue weighted by atomic mass is 35.5. The fraction of sp³-hybridized carbons (Fsp3) is 0.417. The summed E-state index contributed by atoms with van der Waals surface area (Å²) >= 11 is 0. The number of rotatable bonds is 1. The Hall–Kier alpha value is -1.22. The van der Waals surface area contributed by atoms with Crippen LogP contribution in [0.1, 0.15) is 17.2 Å². The Morgan fingerprint density at radius 3 is 3.12 bits per heavy atom. The van der Waals surface area contributed by atoms with Crippen molar-refractivity contribution in [1.29, 1.82) is 0 Å². The third kappa shape index (κ3) is 1.76. The number of hydrogen-bond donors (Lipinski definition) is 1. The lowest BCUT2D eigenvalue weighted by Gasteiger charge is -2.22. The molecule has 2 aliphatic rings. The molecule has 0 aliphatic carbocycles. The second-order valence-electron chi connectivity index (χ2n) is 4.21. The molecule has 0 bridgehead atoms. The van der Waals surface area contributed by atoms with Crippen molar-refractivity contribution in [2.45, 2.75) is 13.0 Å². The van der Waals surface area contributed by atoms with Crippen LogP contribution in [0.25, 0.3) is 0 Å². The number of aryl methyl sites for hydroxylation is 1. The minimum atomic E-state index is 0. The van der Waals surface area contributed by atoms with Crippen LogP contribution >= 0.6 is 12.4 Å². The maximum atomic E-state index is 4.52. The molecule has 1 aromatic carbocycles. The molecule has 1 N–H and O–H groups in total. The van der Waals surface area contributed by atoms with E-state index >= 15 is 0 Å². The molecule has 3 rings (SSSR count). The van der Waals surface area contributed by atoms with Crippen molar-refractivity contribution in [3.05, 3.63) is 35.4 Å². The highest BCUT2D eigenvalue weighted by Crippen LogP contribution is 2.27. The predicted molar refractivity (Wildman–Crippen MR) is 68.2 cm³/mol. The highest BCUT2D eigenvalue weighted by molar-refractivity contribution is 5.85. The van der Waals surface area contributed by atoms with Crippen LogP contribution in [-0.4, -0.2) is 30.5 Å². The van der Waals surface area contributed by atoms with Gasteiger partial charge in [0.15, 0.2) is 5.96 Å². The van der Waals surface area contributed by atoms with E-state index in [1.54, 1.807) is 0 Å². The molecule has 16 heavy (non-hydrogen) atoms. The Labute approximate surface area is 102 Å². The molecule has 0 saturated carbocycles. The van der Waals surface area contributed by atoms with Crippen LogP contribution in [-0.2, 0) is 0 Å². The summed E-state index contributed by atoms with van der Waals surface area (Å²) in [4.78, 5) is 6.89. The van der Waals surface area contributed by atoms with Gasteiger partial charge in [-0.3, -0.25) is 4.99 Å². The van der Waals surface area contributed by atoms with E-state index in [2.05, 4.69) is 46.4 Å². The van der Waals surface area contributed by atoms with Gasteiger partial charge in [-0.15, -0.1) is 12.4 Å². The second kappa shape index (κ2) is 4.34. The number of halogens is 1. The molecule has 2 aliphatic heterocycles. The number of nitrogens with one attached hydrogen (secondary N) is 1. The van der Waals surface area contributed by atoms with Crippen LogP contribution in [0, 0.1) is 6.92 Å². The summed E-state index contributed by atoms with van der Waals surface area (Å²) in [7, 11) is 0. The molecule has 1 aromatic rings. The minimum absolute atomic E-state index is 0. The summed E-state index contributed by atoms with van der Waals surface area (Å²) in [5, 5.41) is 3.31. The van der Waals surface area contributed by atoms with Crippen LogP contribution in [0.3, 0.4) is 0 Å². The van der Waals surface area contributed by atoms with Gasteiger partial charge >= 0.3 is 0 Å². The van der Waals surface area contributed by atoms with Crippen LogP contribution in [0.5, 0.6) is 0 Å². The molecule has 4 heteroatoms. The van der Waals surface area contributed by atoms with E-state index in [1.807, 2.05) is 0 Å². The Bertz CT molecular complexity index is 416. The third-order valence-electron chi connectivity index (χ3n) is 3.12. The third-order valence-corrected chi connectivity index (χ3v) is 3.12. The summed E-state index contributed by atoms with van der Waals surface area (Å²) in [6.45, 7) is 5.15. The lowest BCUT2D eigenvalue weighted by Crippen LogP contribution is -2.28. The van der Waals surface area contributed by atoms with Crippen LogP contribution in [0.2, 0.25) is 0 Å². The molecule has 0 amide bonds. The summed E-state index contributed by atoms with van der Waals surface area (Å²) in [5.74, 6) is 1.08. The first kappa shape index (κ1) is 11.3. The van der Waals surface area contributed by atoms with Gasteiger partial charge in [0.1, 0.15) is 0 Å².